The number of hydrogen-bond acceptors (Lipinski definition) is 2. The minimum Gasteiger partial charge on any atom is -0.335 e. The van der Waals surface area contributed by atoms with E-state index in [0.29, 0.717) is 12.5 Å². The van der Waals surface area contributed by atoms with Crippen molar-refractivity contribution in [1.29, 1.82) is 0 Å². The van der Waals surface area contributed by atoms with Crippen LogP contribution in [0.3, 0.4) is 0 Å². The summed E-state index contributed by atoms with van der Waals surface area (Å²) < 4.78 is 2.92. The summed E-state index contributed by atoms with van der Waals surface area (Å²) in [6.45, 7) is 6.55. The number of imidazole rings is 1. The number of nitrogens with zero attached hydrogens (tertiary/aromatic N) is 2. The summed E-state index contributed by atoms with van der Waals surface area (Å²) >= 11 is 3.42. The van der Waals surface area contributed by atoms with Crippen LogP contribution in [0.2, 0.25) is 0 Å². The first kappa shape index (κ1) is 14.8. The van der Waals surface area contributed by atoms with Gasteiger partial charge in [0.25, 0.3) is 0 Å². The van der Waals surface area contributed by atoms with Crippen LogP contribution < -0.4 is 10.6 Å². The first-order valence-electron chi connectivity index (χ1n) is 6.63. The molecule has 108 valence electrons. The van der Waals surface area contributed by atoms with Gasteiger partial charge in [-0.3, -0.25) is 0 Å². The quantitative estimate of drug-likeness (QED) is 0.900. The Bertz CT molecular complexity index is 608. The SMILES string of the molecule is CC(C)C(C)NC(=O)NCc1cn2cc(Br)ccc2n1. The Hall–Kier alpha value is -1.56. The second-order valence-corrected chi connectivity index (χ2v) is 6.12. The van der Waals surface area contributed by atoms with Gasteiger partial charge in [-0.1, -0.05) is 13.8 Å². The number of carbonyl (C=O) groups is 1. The highest BCUT2D eigenvalue weighted by Crippen LogP contribution is 2.12. The summed E-state index contributed by atoms with van der Waals surface area (Å²) in [6.07, 6.45) is 3.85. The molecule has 2 amide bonds. The molecule has 0 spiro atoms. The van der Waals surface area contributed by atoms with E-state index in [9.17, 15) is 4.79 Å². The molecule has 1 unspecified atom stereocenters. The molecule has 0 aliphatic heterocycles. The predicted molar refractivity (Wildman–Crippen MR) is 82.6 cm³/mol. The monoisotopic (exact) mass is 338 g/mol. The number of carbonyl (C=O) groups excluding carboxylic acids is 1. The molecule has 0 radical (unpaired) electrons. The fourth-order valence-electron chi connectivity index (χ4n) is 1.70. The first-order valence-corrected chi connectivity index (χ1v) is 7.42. The number of hydrogen-bond donors (Lipinski definition) is 2. The van der Waals surface area contributed by atoms with Crippen molar-refractivity contribution in [2.75, 3.05) is 0 Å². The van der Waals surface area contributed by atoms with E-state index in [1.165, 1.54) is 0 Å². The number of halogens is 1. The van der Waals surface area contributed by atoms with Gasteiger partial charge in [0.1, 0.15) is 5.65 Å². The number of pyridine rings is 1. The van der Waals surface area contributed by atoms with E-state index in [4.69, 9.17) is 0 Å². The molecule has 0 aromatic carbocycles. The van der Waals surface area contributed by atoms with E-state index in [1.807, 2.05) is 35.9 Å². The third-order valence-electron chi connectivity index (χ3n) is 3.25. The molecule has 20 heavy (non-hydrogen) atoms. The number of nitrogens with one attached hydrogen (secondary N) is 2. The lowest BCUT2D eigenvalue weighted by Gasteiger charge is -2.17. The number of rotatable bonds is 4. The summed E-state index contributed by atoms with van der Waals surface area (Å²) in [7, 11) is 0. The molecule has 2 heterocycles. The van der Waals surface area contributed by atoms with Gasteiger partial charge in [-0.2, -0.15) is 0 Å². The molecular formula is C14H19BrN4O. The van der Waals surface area contributed by atoms with Gasteiger partial charge in [-0.15, -0.1) is 0 Å². The highest BCUT2D eigenvalue weighted by atomic mass is 79.9. The normalized spacial score (nSPS) is 12.7. The summed E-state index contributed by atoms with van der Waals surface area (Å²) in [5, 5.41) is 5.72. The molecule has 0 fully saturated rings. The smallest absolute Gasteiger partial charge is 0.315 e. The van der Waals surface area contributed by atoms with Crippen molar-refractivity contribution in [2.24, 2.45) is 5.92 Å². The summed E-state index contributed by atoms with van der Waals surface area (Å²) in [5.74, 6) is 0.410. The molecule has 5 nitrogen and oxygen atoms in total. The van der Waals surface area contributed by atoms with Crippen molar-refractivity contribution >= 4 is 27.6 Å². The van der Waals surface area contributed by atoms with E-state index in [2.05, 4.69) is 45.4 Å². The average molecular weight is 339 g/mol. The number of fused-ring (bicyclic) bond motifs is 1. The van der Waals surface area contributed by atoms with Gasteiger partial charge >= 0.3 is 6.03 Å². The van der Waals surface area contributed by atoms with Crippen molar-refractivity contribution in [3.05, 3.63) is 34.7 Å². The van der Waals surface area contributed by atoms with Crippen molar-refractivity contribution < 1.29 is 4.79 Å². The van der Waals surface area contributed by atoms with Crippen molar-refractivity contribution in [2.45, 2.75) is 33.4 Å². The van der Waals surface area contributed by atoms with E-state index in [1.54, 1.807) is 0 Å². The summed E-state index contributed by atoms with van der Waals surface area (Å²) in [4.78, 5) is 16.2. The highest BCUT2D eigenvalue weighted by molar-refractivity contribution is 9.10. The third kappa shape index (κ3) is 3.72. The maximum Gasteiger partial charge on any atom is 0.315 e. The lowest BCUT2D eigenvalue weighted by atomic mass is 10.1. The largest absolute Gasteiger partial charge is 0.335 e. The van der Waals surface area contributed by atoms with Crippen molar-refractivity contribution in [3.8, 4) is 0 Å². The minimum absolute atomic E-state index is 0.145. The fourth-order valence-corrected chi connectivity index (χ4v) is 2.05. The zero-order valence-electron chi connectivity index (χ0n) is 11.9. The minimum atomic E-state index is -0.163. The molecule has 0 aliphatic carbocycles. The third-order valence-corrected chi connectivity index (χ3v) is 3.72. The van der Waals surface area contributed by atoms with Gasteiger partial charge in [0, 0.05) is 22.9 Å². The molecule has 0 saturated carbocycles. The number of aromatic nitrogens is 2. The Balaban J connectivity index is 1.94. The number of amides is 2. The van der Waals surface area contributed by atoms with Crippen LogP contribution in [0.1, 0.15) is 26.5 Å². The Morgan fingerprint density at radius 3 is 2.80 bits per heavy atom. The highest BCUT2D eigenvalue weighted by Gasteiger charge is 2.10. The lowest BCUT2D eigenvalue weighted by Crippen LogP contribution is -2.42. The first-order chi connectivity index (χ1) is 9.45. The maximum atomic E-state index is 11.7. The Labute approximate surface area is 126 Å². The van der Waals surface area contributed by atoms with Crippen LogP contribution in [-0.4, -0.2) is 21.5 Å². The zero-order valence-corrected chi connectivity index (χ0v) is 13.4. The van der Waals surface area contributed by atoms with Crippen LogP contribution in [0.5, 0.6) is 0 Å². The van der Waals surface area contributed by atoms with Crippen LogP contribution in [0.4, 0.5) is 4.79 Å². The van der Waals surface area contributed by atoms with Gasteiger partial charge in [0.05, 0.1) is 12.2 Å². The molecule has 2 aromatic rings. The van der Waals surface area contributed by atoms with Gasteiger partial charge in [0.15, 0.2) is 0 Å². The molecule has 2 aromatic heterocycles. The average Bonchev–Trinajstić information content (AvgIpc) is 2.78. The number of urea groups is 1. The van der Waals surface area contributed by atoms with Crippen LogP contribution in [0.15, 0.2) is 29.0 Å². The predicted octanol–water partition coefficient (Wildman–Crippen LogP) is 2.94. The van der Waals surface area contributed by atoms with E-state index >= 15 is 0 Å². The van der Waals surface area contributed by atoms with E-state index in [0.717, 1.165) is 15.8 Å². The molecule has 0 aliphatic rings. The van der Waals surface area contributed by atoms with Crippen molar-refractivity contribution in [3.63, 3.8) is 0 Å². The Kier molecular flexibility index (Phi) is 4.65. The maximum absolute atomic E-state index is 11.7. The lowest BCUT2D eigenvalue weighted by molar-refractivity contribution is 0.234. The van der Waals surface area contributed by atoms with Crippen LogP contribution in [0, 0.1) is 5.92 Å². The Morgan fingerprint density at radius 1 is 1.35 bits per heavy atom. The molecule has 0 saturated heterocycles. The summed E-state index contributed by atoms with van der Waals surface area (Å²) in [6, 6.07) is 3.85. The van der Waals surface area contributed by atoms with Gasteiger partial charge in [-0.25, -0.2) is 9.78 Å². The topological polar surface area (TPSA) is 58.4 Å². The van der Waals surface area contributed by atoms with Crippen molar-refractivity contribution in [1.82, 2.24) is 20.0 Å². The molecule has 2 N–H and O–H groups in total. The fraction of sp³-hybridized carbons (Fsp3) is 0.429. The van der Waals surface area contributed by atoms with E-state index < -0.39 is 0 Å². The van der Waals surface area contributed by atoms with E-state index in [-0.39, 0.29) is 12.1 Å². The van der Waals surface area contributed by atoms with Crippen LogP contribution in [0.25, 0.3) is 5.65 Å². The van der Waals surface area contributed by atoms with Gasteiger partial charge in [-0.05, 0) is 40.9 Å². The second-order valence-electron chi connectivity index (χ2n) is 5.20. The molecule has 6 heteroatoms. The second kappa shape index (κ2) is 6.26. The molecule has 1 atom stereocenters. The van der Waals surface area contributed by atoms with Crippen LogP contribution in [-0.2, 0) is 6.54 Å². The van der Waals surface area contributed by atoms with Crippen LogP contribution >= 0.6 is 15.9 Å². The molecule has 2 rings (SSSR count). The van der Waals surface area contributed by atoms with Gasteiger partial charge in [0.2, 0.25) is 0 Å². The molecule has 0 bridgehead atoms. The zero-order chi connectivity index (χ0) is 14.7. The standard InChI is InChI=1S/C14H19BrN4O/c1-9(2)10(3)17-14(20)16-6-12-8-19-7-11(15)4-5-13(19)18-12/h4-5,7-10H,6H2,1-3H3,(H2,16,17,20). The Morgan fingerprint density at radius 2 is 2.10 bits per heavy atom. The van der Waals surface area contributed by atoms with Gasteiger partial charge < -0.3 is 15.0 Å². The summed E-state index contributed by atoms with van der Waals surface area (Å²) in [5.41, 5.74) is 1.69. The molecular weight excluding hydrogens is 320 g/mol.